The van der Waals surface area contributed by atoms with Crippen LogP contribution in [0.4, 0.5) is 16.2 Å². The van der Waals surface area contributed by atoms with Crippen molar-refractivity contribution in [1.82, 2.24) is 15.1 Å². The lowest BCUT2D eigenvalue weighted by Gasteiger charge is -2.23. The first-order valence-electron chi connectivity index (χ1n) is 9.65. The van der Waals surface area contributed by atoms with Crippen LogP contribution in [0.15, 0.2) is 42.5 Å². The number of carbonyl (C=O) groups is 2. The zero-order valence-electron chi connectivity index (χ0n) is 16.6. The molecule has 0 bridgehead atoms. The van der Waals surface area contributed by atoms with Crippen LogP contribution in [0.2, 0.25) is 10.0 Å². The van der Waals surface area contributed by atoms with Crippen molar-refractivity contribution in [3.8, 4) is 0 Å². The van der Waals surface area contributed by atoms with Crippen LogP contribution in [0.3, 0.4) is 0 Å². The summed E-state index contributed by atoms with van der Waals surface area (Å²) in [6.45, 7) is 2.50. The van der Waals surface area contributed by atoms with E-state index in [4.69, 9.17) is 23.2 Å². The number of aryl methyl sites for hydroxylation is 1. The molecule has 7 nitrogen and oxygen atoms in total. The lowest BCUT2D eigenvalue weighted by Crippen LogP contribution is -2.34. The highest BCUT2D eigenvalue weighted by atomic mass is 35.5. The summed E-state index contributed by atoms with van der Waals surface area (Å²) in [7, 11) is 0. The van der Waals surface area contributed by atoms with Gasteiger partial charge in [0, 0.05) is 28.0 Å². The van der Waals surface area contributed by atoms with Gasteiger partial charge in [0.05, 0.1) is 6.04 Å². The van der Waals surface area contributed by atoms with Gasteiger partial charge in [-0.05, 0) is 61.7 Å². The minimum absolute atomic E-state index is 0.226. The van der Waals surface area contributed by atoms with Crippen molar-refractivity contribution in [2.24, 2.45) is 0 Å². The predicted molar refractivity (Wildman–Crippen MR) is 123 cm³/mol. The SMILES string of the molecule is Cc1ccc(NC(=O)N2CCC[C@H]2c2nnc(C(=O)Nc3ccc(Cl)cc3)s2)cc1Cl. The number of hydrogen-bond donors (Lipinski definition) is 2. The summed E-state index contributed by atoms with van der Waals surface area (Å²) in [4.78, 5) is 27.1. The number of amides is 3. The Bertz CT molecular complexity index is 1120. The zero-order chi connectivity index (χ0) is 22.0. The number of benzene rings is 2. The number of carbonyl (C=O) groups excluding carboxylic acids is 2. The van der Waals surface area contributed by atoms with Crippen molar-refractivity contribution in [2.45, 2.75) is 25.8 Å². The number of likely N-dealkylation sites (tertiary alicyclic amines) is 1. The molecule has 4 rings (SSSR count). The Morgan fingerprint density at radius 3 is 2.55 bits per heavy atom. The highest BCUT2D eigenvalue weighted by Gasteiger charge is 2.33. The fourth-order valence-corrected chi connectivity index (χ4v) is 4.50. The molecule has 31 heavy (non-hydrogen) atoms. The molecule has 10 heteroatoms. The second kappa shape index (κ2) is 9.21. The maximum absolute atomic E-state index is 12.8. The first-order valence-corrected chi connectivity index (χ1v) is 11.2. The first-order chi connectivity index (χ1) is 14.9. The molecule has 1 fully saturated rings. The van der Waals surface area contributed by atoms with Gasteiger partial charge in [0.15, 0.2) is 0 Å². The highest BCUT2D eigenvalue weighted by molar-refractivity contribution is 7.13. The van der Waals surface area contributed by atoms with Crippen LogP contribution in [0, 0.1) is 6.92 Å². The maximum atomic E-state index is 12.8. The molecule has 0 spiro atoms. The van der Waals surface area contributed by atoms with Gasteiger partial charge in [0.25, 0.3) is 5.91 Å². The van der Waals surface area contributed by atoms with Crippen LogP contribution < -0.4 is 10.6 Å². The molecule has 160 valence electrons. The number of hydrogen-bond acceptors (Lipinski definition) is 5. The number of anilines is 2. The van der Waals surface area contributed by atoms with Crippen molar-refractivity contribution in [2.75, 3.05) is 17.2 Å². The quantitative estimate of drug-likeness (QED) is 0.500. The van der Waals surface area contributed by atoms with E-state index in [1.165, 1.54) is 11.3 Å². The molecule has 0 aliphatic carbocycles. The Hall–Kier alpha value is -2.68. The molecular weight excluding hydrogens is 457 g/mol. The van der Waals surface area contributed by atoms with E-state index in [0.29, 0.717) is 33.0 Å². The minimum Gasteiger partial charge on any atom is -0.320 e. The average molecular weight is 476 g/mol. The van der Waals surface area contributed by atoms with E-state index in [0.717, 1.165) is 18.4 Å². The van der Waals surface area contributed by atoms with E-state index in [1.54, 1.807) is 35.2 Å². The lowest BCUT2D eigenvalue weighted by molar-refractivity contribution is 0.102. The molecule has 1 aliphatic heterocycles. The number of rotatable bonds is 4. The van der Waals surface area contributed by atoms with Gasteiger partial charge >= 0.3 is 6.03 Å². The van der Waals surface area contributed by atoms with Crippen LogP contribution in [0.1, 0.15) is 39.3 Å². The summed E-state index contributed by atoms with van der Waals surface area (Å²) in [6.07, 6.45) is 1.61. The molecule has 3 amide bonds. The Balaban J connectivity index is 1.44. The largest absolute Gasteiger partial charge is 0.322 e. The average Bonchev–Trinajstić information content (AvgIpc) is 3.42. The molecule has 0 unspecified atom stereocenters. The van der Waals surface area contributed by atoms with E-state index < -0.39 is 0 Å². The lowest BCUT2D eigenvalue weighted by atomic mass is 10.2. The first kappa shape index (κ1) is 21.5. The Morgan fingerprint density at radius 2 is 1.81 bits per heavy atom. The number of urea groups is 1. The van der Waals surface area contributed by atoms with E-state index in [2.05, 4.69) is 20.8 Å². The summed E-state index contributed by atoms with van der Waals surface area (Å²) in [5.41, 5.74) is 2.19. The number of halogens is 2. The molecule has 2 heterocycles. The maximum Gasteiger partial charge on any atom is 0.322 e. The van der Waals surface area contributed by atoms with Gasteiger partial charge in [-0.15, -0.1) is 10.2 Å². The van der Waals surface area contributed by atoms with E-state index in [1.807, 2.05) is 19.1 Å². The van der Waals surface area contributed by atoms with Crippen LogP contribution in [0.5, 0.6) is 0 Å². The summed E-state index contributed by atoms with van der Waals surface area (Å²) >= 11 is 13.2. The Kier molecular flexibility index (Phi) is 6.41. The molecule has 1 saturated heterocycles. The van der Waals surface area contributed by atoms with E-state index in [9.17, 15) is 9.59 Å². The third kappa shape index (κ3) is 4.98. The smallest absolute Gasteiger partial charge is 0.320 e. The fraction of sp³-hybridized carbons (Fsp3) is 0.238. The molecule has 1 aromatic heterocycles. The minimum atomic E-state index is -0.352. The fourth-order valence-electron chi connectivity index (χ4n) is 3.31. The van der Waals surface area contributed by atoms with Crippen molar-refractivity contribution < 1.29 is 9.59 Å². The Morgan fingerprint density at radius 1 is 1.06 bits per heavy atom. The predicted octanol–water partition coefficient (Wildman–Crippen LogP) is 5.77. The third-order valence-corrected chi connectivity index (χ3v) is 6.64. The van der Waals surface area contributed by atoms with Crippen LogP contribution in [-0.4, -0.2) is 33.6 Å². The molecule has 0 saturated carbocycles. The van der Waals surface area contributed by atoms with E-state index in [-0.39, 0.29) is 23.0 Å². The number of nitrogens with one attached hydrogen (secondary N) is 2. The van der Waals surface area contributed by atoms with Gasteiger partial charge in [0.1, 0.15) is 5.01 Å². The van der Waals surface area contributed by atoms with Gasteiger partial charge in [0.2, 0.25) is 5.01 Å². The molecule has 2 N–H and O–H groups in total. The van der Waals surface area contributed by atoms with Crippen molar-refractivity contribution >= 4 is 57.9 Å². The molecule has 0 radical (unpaired) electrons. The summed E-state index contributed by atoms with van der Waals surface area (Å²) in [6, 6.07) is 11.7. The topological polar surface area (TPSA) is 87.2 Å². The van der Waals surface area contributed by atoms with Crippen molar-refractivity contribution in [1.29, 1.82) is 0 Å². The molecular formula is C21H19Cl2N5O2S. The van der Waals surface area contributed by atoms with E-state index >= 15 is 0 Å². The van der Waals surface area contributed by atoms with Crippen LogP contribution >= 0.6 is 34.5 Å². The molecule has 2 aromatic carbocycles. The van der Waals surface area contributed by atoms with Gasteiger partial charge in [-0.25, -0.2) is 4.79 Å². The van der Waals surface area contributed by atoms with Gasteiger partial charge in [-0.1, -0.05) is 40.6 Å². The van der Waals surface area contributed by atoms with Gasteiger partial charge in [-0.2, -0.15) is 0 Å². The zero-order valence-corrected chi connectivity index (χ0v) is 18.9. The monoisotopic (exact) mass is 475 g/mol. The van der Waals surface area contributed by atoms with Gasteiger partial charge < -0.3 is 15.5 Å². The summed E-state index contributed by atoms with van der Waals surface area (Å²) in [5, 5.41) is 15.9. The van der Waals surface area contributed by atoms with Gasteiger partial charge in [-0.3, -0.25) is 4.79 Å². The molecule has 1 aliphatic rings. The van der Waals surface area contributed by atoms with Crippen LogP contribution in [-0.2, 0) is 0 Å². The van der Waals surface area contributed by atoms with Crippen molar-refractivity contribution in [3.05, 3.63) is 68.1 Å². The summed E-state index contributed by atoms with van der Waals surface area (Å²) in [5.74, 6) is -0.352. The highest BCUT2D eigenvalue weighted by Crippen LogP contribution is 2.34. The van der Waals surface area contributed by atoms with Crippen LogP contribution in [0.25, 0.3) is 0 Å². The third-order valence-electron chi connectivity index (χ3n) is 4.96. The summed E-state index contributed by atoms with van der Waals surface area (Å²) < 4.78 is 0. The second-order valence-electron chi connectivity index (χ2n) is 7.15. The standard InChI is InChI=1S/C21H19Cl2N5O2S/c1-12-4-7-15(11-16(12)23)25-21(30)28-10-2-3-17(28)19-26-27-20(31-19)18(29)24-14-8-5-13(22)6-9-14/h4-9,11,17H,2-3,10H2,1H3,(H,24,29)(H,25,30)/t17-/m0/s1. The van der Waals surface area contributed by atoms with Crippen molar-refractivity contribution in [3.63, 3.8) is 0 Å². The molecule has 1 atom stereocenters. The number of nitrogens with zero attached hydrogens (tertiary/aromatic N) is 3. The Labute approximate surface area is 193 Å². The normalized spacial score (nSPS) is 15.7. The molecule has 3 aromatic rings. The number of aromatic nitrogens is 2. The second-order valence-corrected chi connectivity index (χ2v) is 9.00.